The number of nitrogens with two attached hydrogens (primary N) is 1. The van der Waals surface area contributed by atoms with Crippen LogP contribution >= 0.6 is 0 Å². The fourth-order valence-electron chi connectivity index (χ4n) is 1.42. The first kappa shape index (κ1) is 15.6. The summed E-state index contributed by atoms with van der Waals surface area (Å²) in [5, 5.41) is 0. The van der Waals surface area contributed by atoms with Crippen LogP contribution in [0, 0.1) is 0 Å². The van der Waals surface area contributed by atoms with Crippen LogP contribution in [0.1, 0.15) is 26.3 Å². The van der Waals surface area contributed by atoms with Gasteiger partial charge in [-0.2, -0.15) is 0 Å². The molecule has 1 aromatic rings. The van der Waals surface area contributed by atoms with E-state index in [4.69, 9.17) is 10.5 Å². The molecule has 1 atom stereocenters. The molecule has 0 saturated carbocycles. The highest BCUT2D eigenvalue weighted by molar-refractivity contribution is 7.92. The molecule has 0 radical (unpaired) electrons. The molecule has 0 saturated heterocycles. The predicted octanol–water partition coefficient (Wildman–Crippen LogP) is 0.579. The van der Waals surface area contributed by atoms with E-state index in [0.717, 1.165) is 6.26 Å². The first-order valence-corrected chi connectivity index (χ1v) is 7.50. The Kier molecular flexibility index (Phi) is 4.02. The number of aromatic nitrogens is 1. The van der Waals surface area contributed by atoms with Crippen LogP contribution in [0.4, 0.5) is 0 Å². The van der Waals surface area contributed by atoms with E-state index < -0.39 is 26.3 Å². The second-order valence-electron chi connectivity index (χ2n) is 5.25. The highest BCUT2D eigenvalue weighted by atomic mass is 32.2. The summed E-state index contributed by atoms with van der Waals surface area (Å²) < 4.78 is 29.0. The van der Waals surface area contributed by atoms with Crippen LogP contribution < -0.4 is 5.73 Å². The van der Waals surface area contributed by atoms with Crippen molar-refractivity contribution in [1.82, 2.24) is 4.98 Å². The van der Waals surface area contributed by atoms with Gasteiger partial charge in [-0.05, 0) is 26.8 Å². The Morgan fingerprint density at radius 3 is 2.32 bits per heavy atom. The Morgan fingerprint density at radius 2 is 1.95 bits per heavy atom. The lowest BCUT2D eigenvalue weighted by molar-refractivity contribution is -0.158. The summed E-state index contributed by atoms with van der Waals surface area (Å²) in [6.07, 6.45) is 3.59. The Hall–Kier alpha value is -1.47. The SMILES string of the molecule is CC(C)(C)OC(=O)C(N)(c1cccnc1)S(C)(=O)=O. The Morgan fingerprint density at radius 1 is 1.37 bits per heavy atom. The molecule has 0 bridgehead atoms. The molecule has 106 valence electrons. The van der Waals surface area contributed by atoms with Gasteiger partial charge in [0.15, 0.2) is 9.84 Å². The molecule has 1 aromatic heterocycles. The Bertz CT molecular complexity index is 563. The molecule has 6 nitrogen and oxygen atoms in total. The van der Waals surface area contributed by atoms with Gasteiger partial charge < -0.3 is 4.74 Å². The van der Waals surface area contributed by atoms with E-state index in [1.54, 1.807) is 20.8 Å². The maximum atomic E-state index is 12.2. The standard InChI is InChI=1S/C12H18N2O4S/c1-11(2,3)18-10(15)12(13,19(4,16)17)9-6-5-7-14-8-9/h5-8H,13H2,1-4H3. The second kappa shape index (κ2) is 4.90. The van der Waals surface area contributed by atoms with E-state index in [-0.39, 0.29) is 5.56 Å². The van der Waals surface area contributed by atoms with Gasteiger partial charge in [0, 0.05) is 24.2 Å². The number of esters is 1. The minimum absolute atomic E-state index is 0.0757. The van der Waals surface area contributed by atoms with Crippen LogP contribution in [-0.2, 0) is 24.2 Å². The molecule has 0 fully saturated rings. The molecule has 1 unspecified atom stereocenters. The minimum Gasteiger partial charge on any atom is -0.458 e. The molecule has 19 heavy (non-hydrogen) atoms. The lowest BCUT2D eigenvalue weighted by Gasteiger charge is -2.29. The topological polar surface area (TPSA) is 99.3 Å². The average Bonchev–Trinajstić information content (AvgIpc) is 2.25. The summed E-state index contributed by atoms with van der Waals surface area (Å²) in [5.41, 5.74) is 5.08. The van der Waals surface area contributed by atoms with Crippen molar-refractivity contribution < 1.29 is 17.9 Å². The molecule has 2 N–H and O–H groups in total. The third kappa shape index (κ3) is 3.30. The van der Waals surface area contributed by atoms with Gasteiger partial charge in [0.25, 0.3) is 0 Å². The minimum atomic E-state index is -3.93. The van der Waals surface area contributed by atoms with Crippen molar-refractivity contribution in [2.75, 3.05) is 6.26 Å². The Labute approximate surface area is 112 Å². The van der Waals surface area contributed by atoms with Gasteiger partial charge in [0.05, 0.1) is 0 Å². The first-order chi connectivity index (χ1) is 8.48. The van der Waals surface area contributed by atoms with Gasteiger partial charge in [0.1, 0.15) is 5.60 Å². The summed E-state index contributed by atoms with van der Waals surface area (Å²) in [6.45, 7) is 4.91. The zero-order valence-corrected chi connectivity index (χ0v) is 12.2. The van der Waals surface area contributed by atoms with E-state index >= 15 is 0 Å². The van der Waals surface area contributed by atoms with Gasteiger partial charge in [-0.25, -0.2) is 13.2 Å². The van der Waals surface area contributed by atoms with Crippen LogP contribution in [0.5, 0.6) is 0 Å². The summed E-state index contributed by atoms with van der Waals surface area (Å²) >= 11 is 0. The molecule has 0 amide bonds. The van der Waals surface area contributed by atoms with E-state index in [0.29, 0.717) is 0 Å². The molecular formula is C12H18N2O4S. The second-order valence-corrected chi connectivity index (χ2v) is 7.44. The third-order valence-electron chi connectivity index (χ3n) is 2.38. The summed E-state index contributed by atoms with van der Waals surface area (Å²) in [4.78, 5) is 13.7. The molecular weight excluding hydrogens is 268 g/mol. The van der Waals surface area contributed by atoms with Gasteiger partial charge in [-0.15, -0.1) is 0 Å². The number of hydrogen-bond donors (Lipinski definition) is 1. The number of sulfone groups is 1. The van der Waals surface area contributed by atoms with E-state index in [1.807, 2.05) is 0 Å². The van der Waals surface area contributed by atoms with Crippen LogP contribution in [0.15, 0.2) is 24.5 Å². The molecule has 0 aliphatic rings. The van der Waals surface area contributed by atoms with Gasteiger partial charge in [-0.1, -0.05) is 6.07 Å². The van der Waals surface area contributed by atoms with Crippen molar-refractivity contribution >= 4 is 15.8 Å². The van der Waals surface area contributed by atoms with Crippen LogP contribution in [0.25, 0.3) is 0 Å². The average molecular weight is 286 g/mol. The van der Waals surface area contributed by atoms with Gasteiger partial charge in [-0.3, -0.25) is 10.7 Å². The van der Waals surface area contributed by atoms with E-state index in [9.17, 15) is 13.2 Å². The number of ether oxygens (including phenoxy) is 1. The lowest BCUT2D eigenvalue weighted by Crippen LogP contribution is -2.53. The van der Waals surface area contributed by atoms with Crippen molar-refractivity contribution in [3.63, 3.8) is 0 Å². The van der Waals surface area contributed by atoms with Crippen molar-refractivity contribution in [3.8, 4) is 0 Å². The van der Waals surface area contributed by atoms with Crippen molar-refractivity contribution in [2.24, 2.45) is 5.73 Å². The van der Waals surface area contributed by atoms with Crippen molar-refractivity contribution in [2.45, 2.75) is 31.2 Å². The maximum Gasteiger partial charge on any atom is 0.347 e. The number of pyridine rings is 1. The summed E-state index contributed by atoms with van der Waals surface area (Å²) in [6, 6.07) is 2.93. The Balaban J connectivity index is 3.36. The van der Waals surface area contributed by atoms with Crippen molar-refractivity contribution in [1.29, 1.82) is 0 Å². The fourth-order valence-corrected chi connectivity index (χ4v) is 2.31. The molecule has 0 aliphatic carbocycles. The molecule has 0 aliphatic heterocycles. The third-order valence-corrected chi connectivity index (χ3v) is 3.95. The zero-order chi connectivity index (χ0) is 14.9. The molecule has 7 heteroatoms. The number of nitrogens with zero attached hydrogens (tertiary/aromatic N) is 1. The largest absolute Gasteiger partial charge is 0.458 e. The predicted molar refractivity (Wildman–Crippen MR) is 70.8 cm³/mol. The van der Waals surface area contributed by atoms with Crippen molar-refractivity contribution in [3.05, 3.63) is 30.1 Å². The van der Waals surface area contributed by atoms with E-state index in [1.165, 1.54) is 24.5 Å². The first-order valence-electron chi connectivity index (χ1n) is 5.61. The van der Waals surface area contributed by atoms with Crippen LogP contribution in [0.3, 0.4) is 0 Å². The fraction of sp³-hybridized carbons (Fsp3) is 0.500. The molecule has 0 spiro atoms. The van der Waals surface area contributed by atoms with Gasteiger partial charge >= 0.3 is 5.97 Å². The molecule has 0 aromatic carbocycles. The molecule has 1 heterocycles. The normalized spacial score (nSPS) is 15.6. The zero-order valence-electron chi connectivity index (χ0n) is 11.4. The highest BCUT2D eigenvalue weighted by Crippen LogP contribution is 2.27. The van der Waals surface area contributed by atoms with Gasteiger partial charge in [0.2, 0.25) is 4.87 Å². The highest BCUT2D eigenvalue weighted by Gasteiger charge is 2.49. The number of hydrogen-bond acceptors (Lipinski definition) is 6. The number of rotatable bonds is 3. The monoisotopic (exact) mass is 286 g/mol. The maximum absolute atomic E-state index is 12.2. The van der Waals surface area contributed by atoms with E-state index in [2.05, 4.69) is 4.98 Å². The molecule has 1 rings (SSSR count). The summed E-state index contributed by atoms with van der Waals surface area (Å²) in [7, 11) is -3.93. The number of carbonyl (C=O) groups is 1. The summed E-state index contributed by atoms with van der Waals surface area (Å²) in [5.74, 6) is -1.02. The quantitative estimate of drug-likeness (QED) is 0.816. The van der Waals surface area contributed by atoms with Crippen LogP contribution in [0.2, 0.25) is 0 Å². The van der Waals surface area contributed by atoms with Crippen LogP contribution in [-0.4, -0.2) is 31.2 Å². The number of carbonyl (C=O) groups excluding carboxylic acids is 1. The smallest absolute Gasteiger partial charge is 0.347 e. The lowest BCUT2D eigenvalue weighted by atomic mass is 10.1.